The third kappa shape index (κ3) is 2.85. The van der Waals surface area contributed by atoms with Gasteiger partial charge in [0.1, 0.15) is 0 Å². The fraction of sp³-hybridized carbons (Fsp3) is 0.0909. The number of aromatic nitrogens is 2. The van der Waals surface area contributed by atoms with Gasteiger partial charge in [-0.15, -0.1) is 0 Å². The normalized spacial score (nSPS) is 10.8. The molecule has 25 heavy (non-hydrogen) atoms. The van der Waals surface area contributed by atoms with E-state index in [4.69, 9.17) is 4.99 Å². The highest BCUT2D eigenvalue weighted by atomic mass is 15.0. The minimum absolute atomic E-state index is 0.761. The molecule has 0 aliphatic heterocycles. The molecule has 122 valence electrons. The highest BCUT2D eigenvalue weighted by Gasteiger charge is 2.11. The van der Waals surface area contributed by atoms with Crippen molar-refractivity contribution in [3.8, 4) is 0 Å². The summed E-state index contributed by atoms with van der Waals surface area (Å²) in [4.78, 5) is 9.57. The van der Waals surface area contributed by atoms with Crippen molar-refractivity contribution in [3.05, 3.63) is 95.8 Å². The summed E-state index contributed by atoms with van der Waals surface area (Å²) < 4.78 is 2.12. The van der Waals surface area contributed by atoms with Crippen LogP contribution in [0.3, 0.4) is 0 Å². The van der Waals surface area contributed by atoms with Crippen LogP contribution in [0.2, 0.25) is 0 Å². The SMILES string of the molecule is Cc1c(N=C(c2ccccc2)c2ccccc2)ncc2ccn(C)c12. The number of aliphatic imine (C=N–C) groups is 1. The number of hydrogen-bond acceptors (Lipinski definition) is 2. The Kier molecular flexibility index (Phi) is 3.90. The Balaban J connectivity index is 1.94. The lowest BCUT2D eigenvalue weighted by Gasteiger charge is -2.09. The molecule has 3 heteroatoms. The quantitative estimate of drug-likeness (QED) is 0.485. The van der Waals surface area contributed by atoms with Crippen LogP contribution < -0.4 is 0 Å². The van der Waals surface area contributed by atoms with Crippen LogP contribution in [0.25, 0.3) is 10.9 Å². The Morgan fingerprint density at radius 2 is 1.48 bits per heavy atom. The Labute approximate surface area is 147 Å². The highest BCUT2D eigenvalue weighted by Crippen LogP contribution is 2.27. The van der Waals surface area contributed by atoms with Gasteiger partial charge in [-0.25, -0.2) is 9.98 Å². The smallest absolute Gasteiger partial charge is 0.157 e. The largest absolute Gasteiger partial charge is 0.350 e. The number of fused-ring (bicyclic) bond motifs is 1. The zero-order chi connectivity index (χ0) is 17.2. The van der Waals surface area contributed by atoms with Gasteiger partial charge in [-0.1, -0.05) is 60.7 Å². The average molecular weight is 325 g/mol. The maximum atomic E-state index is 4.96. The topological polar surface area (TPSA) is 30.2 Å². The molecule has 0 aliphatic rings. The molecule has 0 amide bonds. The first kappa shape index (κ1) is 15.3. The average Bonchev–Trinajstić information content (AvgIpc) is 3.04. The molecule has 0 radical (unpaired) electrons. The van der Waals surface area contributed by atoms with Gasteiger partial charge in [0, 0.05) is 41.5 Å². The molecule has 0 N–H and O–H groups in total. The molecule has 0 unspecified atom stereocenters. The van der Waals surface area contributed by atoms with Gasteiger partial charge in [-0.05, 0) is 13.0 Å². The molecule has 0 aliphatic carbocycles. The van der Waals surface area contributed by atoms with Crippen molar-refractivity contribution in [3.63, 3.8) is 0 Å². The van der Waals surface area contributed by atoms with Gasteiger partial charge in [0.15, 0.2) is 5.82 Å². The van der Waals surface area contributed by atoms with E-state index in [9.17, 15) is 0 Å². The second-order valence-electron chi connectivity index (χ2n) is 6.13. The molecule has 0 fully saturated rings. The van der Waals surface area contributed by atoms with Gasteiger partial charge in [-0.3, -0.25) is 0 Å². The van der Waals surface area contributed by atoms with Gasteiger partial charge < -0.3 is 4.57 Å². The lowest BCUT2D eigenvalue weighted by Crippen LogP contribution is -2.03. The van der Waals surface area contributed by atoms with Crippen LogP contribution in [-0.2, 0) is 7.05 Å². The first-order chi connectivity index (χ1) is 12.2. The molecular formula is C22H19N3. The van der Waals surface area contributed by atoms with Crippen molar-refractivity contribution in [2.75, 3.05) is 0 Å². The van der Waals surface area contributed by atoms with Crippen molar-refractivity contribution >= 4 is 22.4 Å². The number of hydrogen-bond donors (Lipinski definition) is 0. The number of benzene rings is 2. The molecule has 0 spiro atoms. The van der Waals surface area contributed by atoms with E-state index >= 15 is 0 Å². The molecule has 0 atom stereocenters. The minimum Gasteiger partial charge on any atom is -0.350 e. The maximum Gasteiger partial charge on any atom is 0.157 e. The third-order valence-corrected chi connectivity index (χ3v) is 4.43. The third-order valence-electron chi connectivity index (χ3n) is 4.43. The predicted molar refractivity (Wildman–Crippen MR) is 104 cm³/mol. The molecular weight excluding hydrogens is 306 g/mol. The Morgan fingerprint density at radius 3 is 2.08 bits per heavy atom. The van der Waals surface area contributed by atoms with Gasteiger partial charge in [-0.2, -0.15) is 0 Å². The van der Waals surface area contributed by atoms with Crippen LogP contribution >= 0.6 is 0 Å². The van der Waals surface area contributed by atoms with Crippen LogP contribution in [0.5, 0.6) is 0 Å². The summed E-state index contributed by atoms with van der Waals surface area (Å²) in [6, 6.07) is 22.6. The van der Waals surface area contributed by atoms with E-state index in [1.54, 1.807) is 0 Å². The maximum absolute atomic E-state index is 4.96. The number of nitrogens with zero attached hydrogens (tertiary/aromatic N) is 3. The fourth-order valence-electron chi connectivity index (χ4n) is 3.17. The molecule has 2 heterocycles. The van der Waals surface area contributed by atoms with Gasteiger partial charge in [0.05, 0.1) is 11.2 Å². The van der Waals surface area contributed by atoms with Gasteiger partial charge in [0.25, 0.3) is 0 Å². The van der Waals surface area contributed by atoms with Crippen LogP contribution in [0, 0.1) is 6.92 Å². The highest BCUT2D eigenvalue weighted by molar-refractivity contribution is 6.14. The van der Waals surface area contributed by atoms with E-state index in [1.165, 1.54) is 5.52 Å². The summed E-state index contributed by atoms with van der Waals surface area (Å²) in [5.41, 5.74) is 5.37. The summed E-state index contributed by atoms with van der Waals surface area (Å²) in [6.07, 6.45) is 3.96. The first-order valence-electron chi connectivity index (χ1n) is 8.34. The molecule has 0 bridgehead atoms. The summed E-state index contributed by atoms with van der Waals surface area (Å²) in [5.74, 6) is 0.761. The number of rotatable bonds is 3. The lowest BCUT2D eigenvalue weighted by atomic mass is 10.0. The standard InChI is InChI=1S/C22H19N3/c1-16-21-19(13-14-25(21)2)15-23-22(16)24-20(17-9-5-3-6-10-17)18-11-7-4-8-12-18/h3-15H,1-2H3. The number of pyridine rings is 1. The van der Waals surface area contributed by atoms with E-state index in [-0.39, 0.29) is 0 Å². The second-order valence-corrected chi connectivity index (χ2v) is 6.13. The fourth-order valence-corrected chi connectivity index (χ4v) is 3.17. The summed E-state index contributed by atoms with van der Waals surface area (Å²) >= 11 is 0. The van der Waals surface area contributed by atoms with E-state index in [0.29, 0.717) is 0 Å². The van der Waals surface area contributed by atoms with E-state index < -0.39 is 0 Å². The van der Waals surface area contributed by atoms with Gasteiger partial charge >= 0.3 is 0 Å². The first-order valence-corrected chi connectivity index (χ1v) is 8.34. The van der Waals surface area contributed by atoms with Crippen LogP contribution in [0.15, 0.2) is 84.1 Å². The molecule has 0 saturated heterocycles. The van der Waals surface area contributed by atoms with Crippen LogP contribution in [-0.4, -0.2) is 15.3 Å². The summed E-state index contributed by atoms with van der Waals surface area (Å²) in [6.45, 7) is 2.09. The Bertz CT molecular complexity index is 1000. The van der Waals surface area contributed by atoms with E-state index in [2.05, 4.69) is 60.1 Å². The van der Waals surface area contributed by atoms with Crippen molar-refractivity contribution in [2.45, 2.75) is 6.92 Å². The van der Waals surface area contributed by atoms with Crippen molar-refractivity contribution < 1.29 is 0 Å². The Hall–Kier alpha value is -3.20. The zero-order valence-corrected chi connectivity index (χ0v) is 14.3. The Morgan fingerprint density at radius 1 is 0.880 bits per heavy atom. The lowest BCUT2D eigenvalue weighted by molar-refractivity contribution is 0.962. The van der Waals surface area contributed by atoms with Gasteiger partial charge in [0.2, 0.25) is 0 Å². The molecule has 4 aromatic rings. The van der Waals surface area contributed by atoms with Crippen molar-refractivity contribution in [1.82, 2.24) is 9.55 Å². The summed E-state index contributed by atoms with van der Waals surface area (Å²) in [5, 5.41) is 1.14. The second kappa shape index (κ2) is 6.36. The van der Waals surface area contributed by atoms with Crippen molar-refractivity contribution in [2.24, 2.45) is 12.0 Å². The monoisotopic (exact) mass is 325 g/mol. The van der Waals surface area contributed by atoms with Crippen LogP contribution in [0.4, 0.5) is 5.82 Å². The summed E-state index contributed by atoms with van der Waals surface area (Å²) in [7, 11) is 2.05. The molecule has 4 rings (SSSR count). The van der Waals surface area contributed by atoms with Crippen LogP contribution in [0.1, 0.15) is 16.7 Å². The van der Waals surface area contributed by atoms with E-state index in [0.717, 1.165) is 33.6 Å². The molecule has 2 aromatic heterocycles. The molecule has 0 saturated carbocycles. The zero-order valence-electron chi connectivity index (χ0n) is 14.3. The van der Waals surface area contributed by atoms with Crippen molar-refractivity contribution in [1.29, 1.82) is 0 Å². The molecule has 3 nitrogen and oxygen atoms in total. The van der Waals surface area contributed by atoms with E-state index in [1.807, 2.05) is 42.6 Å². The number of aryl methyl sites for hydroxylation is 2. The molecule has 2 aromatic carbocycles. The minimum atomic E-state index is 0.761. The predicted octanol–water partition coefficient (Wildman–Crippen LogP) is 5.05.